The first-order chi connectivity index (χ1) is 12.2. The standard InChI is InChI=1S/C19H28N4O2.ClH/c1-14(22-18(24)15-6-3-2-4-7-15)19(25)23-11-10-21-13-17(23)16-8-5-9-20-12-16;/h5,8-9,12,14-15,17,21H,2-4,6-7,10-11,13H2,1H3,(H,22,24);1H/t14-,17?;/m0./s1. The van der Waals surface area contributed by atoms with Gasteiger partial charge >= 0.3 is 0 Å². The third-order valence-corrected chi connectivity index (χ3v) is 5.30. The topological polar surface area (TPSA) is 74.3 Å². The van der Waals surface area contributed by atoms with Crippen molar-refractivity contribution >= 4 is 24.2 Å². The monoisotopic (exact) mass is 380 g/mol. The Morgan fingerprint density at radius 3 is 2.77 bits per heavy atom. The smallest absolute Gasteiger partial charge is 0.245 e. The van der Waals surface area contributed by atoms with Gasteiger partial charge in [-0.2, -0.15) is 0 Å². The van der Waals surface area contributed by atoms with Crippen molar-refractivity contribution in [1.29, 1.82) is 0 Å². The number of piperazine rings is 1. The summed E-state index contributed by atoms with van der Waals surface area (Å²) in [6.45, 7) is 3.92. The zero-order valence-corrected chi connectivity index (χ0v) is 16.1. The highest BCUT2D eigenvalue weighted by atomic mass is 35.5. The molecule has 2 atom stereocenters. The molecule has 1 aliphatic carbocycles. The Hall–Kier alpha value is -1.66. The van der Waals surface area contributed by atoms with Gasteiger partial charge in [-0.1, -0.05) is 25.3 Å². The highest BCUT2D eigenvalue weighted by molar-refractivity contribution is 5.88. The molecule has 26 heavy (non-hydrogen) atoms. The van der Waals surface area contributed by atoms with E-state index < -0.39 is 6.04 Å². The molecule has 2 heterocycles. The van der Waals surface area contributed by atoms with Gasteiger partial charge in [-0.25, -0.2) is 0 Å². The van der Waals surface area contributed by atoms with Crippen LogP contribution >= 0.6 is 12.4 Å². The second-order valence-corrected chi connectivity index (χ2v) is 7.10. The van der Waals surface area contributed by atoms with E-state index in [4.69, 9.17) is 0 Å². The lowest BCUT2D eigenvalue weighted by atomic mass is 9.88. The number of carbonyl (C=O) groups is 2. The highest BCUT2D eigenvalue weighted by Crippen LogP contribution is 2.25. The molecule has 6 nitrogen and oxygen atoms in total. The van der Waals surface area contributed by atoms with Crippen molar-refractivity contribution in [1.82, 2.24) is 20.5 Å². The third-order valence-electron chi connectivity index (χ3n) is 5.30. The van der Waals surface area contributed by atoms with Crippen molar-refractivity contribution in [3.63, 3.8) is 0 Å². The van der Waals surface area contributed by atoms with Crippen LogP contribution in [0.3, 0.4) is 0 Å². The van der Waals surface area contributed by atoms with Gasteiger partial charge in [0.25, 0.3) is 0 Å². The van der Waals surface area contributed by atoms with Gasteiger partial charge in [0, 0.05) is 37.9 Å². The van der Waals surface area contributed by atoms with Gasteiger partial charge in [0.05, 0.1) is 6.04 Å². The summed E-state index contributed by atoms with van der Waals surface area (Å²) in [5, 5.41) is 6.29. The van der Waals surface area contributed by atoms with Crippen LogP contribution in [0.5, 0.6) is 0 Å². The van der Waals surface area contributed by atoms with Crippen LogP contribution in [0, 0.1) is 5.92 Å². The Bertz CT molecular complexity index is 592. The molecule has 2 amide bonds. The molecule has 2 N–H and O–H groups in total. The second-order valence-electron chi connectivity index (χ2n) is 7.10. The molecule has 1 aliphatic heterocycles. The molecule has 1 saturated carbocycles. The van der Waals surface area contributed by atoms with E-state index in [1.165, 1.54) is 6.42 Å². The van der Waals surface area contributed by atoms with Gasteiger partial charge < -0.3 is 15.5 Å². The van der Waals surface area contributed by atoms with Crippen molar-refractivity contribution in [3.8, 4) is 0 Å². The predicted octanol–water partition coefficient (Wildman–Crippen LogP) is 2.06. The fraction of sp³-hybridized carbons (Fsp3) is 0.632. The van der Waals surface area contributed by atoms with Crippen molar-refractivity contribution in [2.75, 3.05) is 19.6 Å². The lowest BCUT2D eigenvalue weighted by molar-refractivity contribution is -0.139. The number of halogens is 1. The summed E-state index contributed by atoms with van der Waals surface area (Å²) in [4.78, 5) is 31.5. The van der Waals surface area contributed by atoms with Crippen molar-refractivity contribution < 1.29 is 9.59 Å². The van der Waals surface area contributed by atoms with Crippen LogP contribution < -0.4 is 10.6 Å². The number of carbonyl (C=O) groups excluding carboxylic acids is 2. The minimum atomic E-state index is -0.494. The van der Waals surface area contributed by atoms with Crippen molar-refractivity contribution in [2.45, 2.75) is 51.1 Å². The van der Waals surface area contributed by atoms with Crippen molar-refractivity contribution in [3.05, 3.63) is 30.1 Å². The molecule has 0 bridgehead atoms. The van der Waals surface area contributed by atoms with E-state index in [9.17, 15) is 9.59 Å². The number of aromatic nitrogens is 1. The summed E-state index contributed by atoms with van der Waals surface area (Å²) in [5.74, 6) is 0.0919. The lowest BCUT2D eigenvalue weighted by Crippen LogP contribution is -2.55. The van der Waals surface area contributed by atoms with Gasteiger partial charge in [-0.05, 0) is 31.4 Å². The number of nitrogens with one attached hydrogen (secondary N) is 2. The zero-order valence-electron chi connectivity index (χ0n) is 15.3. The molecule has 1 aromatic rings. The van der Waals surface area contributed by atoms with Crippen LogP contribution in [0.15, 0.2) is 24.5 Å². The Morgan fingerprint density at radius 2 is 2.08 bits per heavy atom. The van der Waals surface area contributed by atoms with Crippen LogP contribution in [-0.4, -0.2) is 47.4 Å². The molecular weight excluding hydrogens is 352 g/mol. The number of pyridine rings is 1. The molecule has 0 radical (unpaired) electrons. The molecular formula is C19H29ClN4O2. The lowest BCUT2D eigenvalue weighted by Gasteiger charge is -2.38. The highest BCUT2D eigenvalue weighted by Gasteiger charge is 2.32. The summed E-state index contributed by atoms with van der Waals surface area (Å²) in [6.07, 6.45) is 8.87. The molecule has 1 aromatic heterocycles. The Labute approximate surface area is 161 Å². The quantitative estimate of drug-likeness (QED) is 0.838. The number of hydrogen-bond donors (Lipinski definition) is 2. The maximum atomic E-state index is 13.0. The van der Waals surface area contributed by atoms with E-state index in [2.05, 4.69) is 15.6 Å². The fourth-order valence-electron chi connectivity index (χ4n) is 3.85. The summed E-state index contributed by atoms with van der Waals surface area (Å²) < 4.78 is 0. The van der Waals surface area contributed by atoms with Gasteiger partial charge in [-0.3, -0.25) is 14.6 Å². The van der Waals surface area contributed by atoms with E-state index in [0.717, 1.165) is 37.8 Å². The largest absolute Gasteiger partial charge is 0.344 e. The average Bonchev–Trinajstić information content (AvgIpc) is 2.68. The van der Waals surface area contributed by atoms with Gasteiger partial charge in [0.2, 0.25) is 11.8 Å². The third kappa shape index (κ3) is 4.95. The molecule has 144 valence electrons. The number of hydrogen-bond acceptors (Lipinski definition) is 4. The molecule has 3 rings (SSSR count). The normalized spacial score (nSPS) is 22.2. The molecule has 0 spiro atoms. The summed E-state index contributed by atoms with van der Waals surface area (Å²) >= 11 is 0. The van der Waals surface area contributed by atoms with Crippen LogP contribution in [0.4, 0.5) is 0 Å². The average molecular weight is 381 g/mol. The summed E-state index contributed by atoms with van der Waals surface area (Å²) in [7, 11) is 0. The molecule has 2 fully saturated rings. The SMILES string of the molecule is C[C@H](NC(=O)C1CCCCC1)C(=O)N1CCNCC1c1cccnc1.Cl. The molecule has 1 saturated heterocycles. The maximum absolute atomic E-state index is 13.0. The van der Waals surface area contributed by atoms with Crippen molar-refractivity contribution in [2.24, 2.45) is 5.92 Å². The Morgan fingerprint density at radius 1 is 1.31 bits per heavy atom. The molecule has 7 heteroatoms. The van der Waals surface area contributed by atoms with Gasteiger partial charge in [0.1, 0.15) is 6.04 Å². The summed E-state index contributed by atoms with van der Waals surface area (Å²) in [5.41, 5.74) is 1.02. The van der Waals surface area contributed by atoms with E-state index in [1.807, 2.05) is 23.2 Å². The first-order valence-corrected chi connectivity index (χ1v) is 9.38. The van der Waals surface area contributed by atoms with E-state index in [0.29, 0.717) is 13.1 Å². The van der Waals surface area contributed by atoms with E-state index >= 15 is 0 Å². The number of rotatable bonds is 4. The zero-order chi connectivity index (χ0) is 17.6. The van der Waals surface area contributed by atoms with Crippen LogP contribution in [0.1, 0.15) is 50.6 Å². The maximum Gasteiger partial charge on any atom is 0.245 e. The van der Waals surface area contributed by atoms with Crippen LogP contribution in [0.25, 0.3) is 0 Å². The summed E-state index contributed by atoms with van der Waals surface area (Å²) in [6, 6.07) is 3.35. The Balaban J connectivity index is 0.00000243. The molecule has 0 aromatic carbocycles. The minimum Gasteiger partial charge on any atom is -0.344 e. The molecule has 1 unspecified atom stereocenters. The minimum absolute atomic E-state index is 0. The first kappa shape index (κ1) is 20.6. The predicted molar refractivity (Wildman–Crippen MR) is 103 cm³/mol. The van der Waals surface area contributed by atoms with Crippen LogP contribution in [0.2, 0.25) is 0 Å². The second kappa shape index (κ2) is 9.88. The first-order valence-electron chi connectivity index (χ1n) is 9.38. The molecule has 2 aliphatic rings. The van der Waals surface area contributed by atoms with E-state index in [1.54, 1.807) is 13.1 Å². The Kier molecular flexibility index (Phi) is 7.85. The van der Waals surface area contributed by atoms with E-state index in [-0.39, 0.29) is 36.2 Å². The number of amides is 2. The van der Waals surface area contributed by atoms with Crippen LogP contribution in [-0.2, 0) is 9.59 Å². The van der Waals surface area contributed by atoms with Gasteiger partial charge in [0.15, 0.2) is 0 Å². The van der Waals surface area contributed by atoms with Gasteiger partial charge in [-0.15, -0.1) is 12.4 Å². The fourth-order valence-corrected chi connectivity index (χ4v) is 3.85. The number of nitrogens with zero attached hydrogens (tertiary/aromatic N) is 2.